The molecule has 148 valence electrons. The number of aromatic amines is 1. The molecule has 5 atom stereocenters. The number of aryl methyl sites for hydroxylation is 1. The van der Waals surface area contributed by atoms with Crippen molar-refractivity contribution in [3.8, 4) is 0 Å². The van der Waals surface area contributed by atoms with E-state index in [1.54, 1.807) is 0 Å². The largest absolute Gasteiger partial charge is 1.00 e. The van der Waals surface area contributed by atoms with Crippen LogP contribution in [-0.4, -0.2) is 44.7 Å². The third-order valence-electron chi connectivity index (χ3n) is 3.35. The predicted molar refractivity (Wildman–Crippen MR) is 74.2 cm³/mol. The average Bonchev–Trinajstić information content (AvgIpc) is 2.75. The standard InChI is InChI=1S/C10H16N2O12P2.3Na/c1-4-2-12(10(16)11-8(4)15)9-7(14)6(13)5(23-9)3-22-26(20,21)24-25(17,18)19;;;/h2,5-7,9,13-14H,3H2,1H3,(H,20,21)(H,11,15,16)(H2,17,18,19);;;/q;3*+1/p-3. The van der Waals surface area contributed by atoms with Crippen molar-refractivity contribution in [2.75, 3.05) is 6.61 Å². The number of aromatic nitrogens is 2. The molecular weight excluding hydrogens is 471 g/mol. The van der Waals surface area contributed by atoms with Crippen LogP contribution in [0.3, 0.4) is 0 Å². The van der Waals surface area contributed by atoms with Crippen LogP contribution < -0.4 is 115 Å². The third-order valence-corrected chi connectivity index (χ3v) is 5.42. The quantitative estimate of drug-likeness (QED) is 0.253. The van der Waals surface area contributed by atoms with Crippen molar-refractivity contribution in [3.05, 3.63) is 32.6 Å². The Morgan fingerprint density at radius 2 is 1.72 bits per heavy atom. The predicted octanol–water partition coefficient (Wildman–Crippen LogP) is -13.2. The van der Waals surface area contributed by atoms with Crippen LogP contribution in [0.25, 0.3) is 0 Å². The Balaban J connectivity index is 0. The fourth-order valence-corrected chi connectivity index (χ4v) is 3.68. The van der Waals surface area contributed by atoms with E-state index >= 15 is 0 Å². The van der Waals surface area contributed by atoms with E-state index in [-0.39, 0.29) is 94.2 Å². The Morgan fingerprint density at radius 1 is 1.17 bits per heavy atom. The Morgan fingerprint density at radius 3 is 2.24 bits per heavy atom. The molecule has 1 aliphatic rings. The minimum Gasteiger partial charge on any atom is -0.790 e. The summed E-state index contributed by atoms with van der Waals surface area (Å²) in [5, 5.41) is 19.9. The molecule has 2 heterocycles. The number of hydrogen-bond donors (Lipinski definition) is 3. The Hall–Kier alpha value is 1.82. The van der Waals surface area contributed by atoms with E-state index in [0.717, 1.165) is 10.8 Å². The molecule has 5 unspecified atom stereocenters. The van der Waals surface area contributed by atoms with E-state index < -0.39 is 58.0 Å². The van der Waals surface area contributed by atoms with Crippen LogP contribution in [0.4, 0.5) is 0 Å². The number of ether oxygens (including phenoxy) is 1. The maximum absolute atomic E-state index is 11.8. The van der Waals surface area contributed by atoms with Crippen LogP contribution in [0.15, 0.2) is 15.8 Å². The zero-order valence-electron chi connectivity index (χ0n) is 15.9. The molecule has 3 N–H and O–H groups in total. The summed E-state index contributed by atoms with van der Waals surface area (Å²) in [5.41, 5.74) is -1.55. The van der Waals surface area contributed by atoms with Gasteiger partial charge >= 0.3 is 94.4 Å². The normalized spacial score (nSPS) is 25.9. The molecule has 1 aromatic rings. The van der Waals surface area contributed by atoms with Crippen molar-refractivity contribution in [3.63, 3.8) is 0 Å². The third kappa shape index (κ3) is 9.30. The molecule has 1 aromatic heterocycles. The second-order valence-electron chi connectivity index (χ2n) is 5.30. The van der Waals surface area contributed by atoms with E-state index in [1.807, 2.05) is 4.98 Å². The number of hydrogen-bond acceptors (Lipinski definition) is 12. The van der Waals surface area contributed by atoms with Crippen LogP contribution in [-0.2, 0) is 22.7 Å². The fourth-order valence-electron chi connectivity index (χ4n) is 2.18. The van der Waals surface area contributed by atoms with E-state index in [9.17, 15) is 43.6 Å². The van der Waals surface area contributed by atoms with Crippen LogP contribution in [0.2, 0.25) is 0 Å². The van der Waals surface area contributed by atoms with Crippen molar-refractivity contribution < 1.29 is 136 Å². The Labute approximate surface area is 229 Å². The van der Waals surface area contributed by atoms with E-state index in [4.69, 9.17) is 4.74 Å². The minimum absolute atomic E-state index is 0. The van der Waals surface area contributed by atoms with Crippen molar-refractivity contribution in [1.29, 1.82) is 0 Å². The van der Waals surface area contributed by atoms with Gasteiger partial charge in [0.05, 0.1) is 14.4 Å². The number of nitrogens with zero attached hydrogens (tertiary/aromatic N) is 1. The summed E-state index contributed by atoms with van der Waals surface area (Å²) in [7, 11) is -11.4. The molecular formula is C10H13N2Na3O12P2. The summed E-state index contributed by atoms with van der Waals surface area (Å²) in [6.07, 6.45) is -5.44. The summed E-state index contributed by atoms with van der Waals surface area (Å²) >= 11 is 0. The van der Waals surface area contributed by atoms with Crippen LogP contribution in [0.1, 0.15) is 11.8 Å². The molecule has 1 aliphatic heterocycles. The fraction of sp³-hybridized carbons (Fsp3) is 0.600. The van der Waals surface area contributed by atoms with Gasteiger partial charge in [0.15, 0.2) is 6.23 Å². The number of nitrogens with one attached hydrogen (secondary N) is 1. The van der Waals surface area contributed by atoms with Crippen molar-refractivity contribution in [2.45, 2.75) is 31.5 Å². The molecule has 1 saturated heterocycles. The molecule has 0 aromatic carbocycles. The minimum atomic E-state index is -5.89. The van der Waals surface area contributed by atoms with E-state index in [0.29, 0.717) is 0 Å². The van der Waals surface area contributed by atoms with Crippen LogP contribution in [0.5, 0.6) is 0 Å². The van der Waals surface area contributed by atoms with Gasteiger partial charge in [-0.05, 0) is 6.92 Å². The molecule has 0 radical (unpaired) electrons. The molecule has 0 amide bonds. The molecule has 2 rings (SSSR count). The first-order valence-electron chi connectivity index (χ1n) is 6.83. The van der Waals surface area contributed by atoms with Gasteiger partial charge in [-0.25, -0.2) is 4.79 Å². The number of aliphatic hydroxyl groups is 2. The van der Waals surface area contributed by atoms with Crippen LogP contribution in [0, 0.1) is 6.92 Å². The first-order chi connectivity index (χ1) is 11.8. The maximum atomic E-state index is 11.8. The van der Waals surface area contributed by atoms with Crippen molar-refractivity contribution in [2.24, 2.45) is 0 Å². The summed E-state index contributed by atoms with van der Waals surface area (Å²) in [5.74, 6) is 0. The monoisotopic (exact) mass is 484 g/mol. The number of phosphoric acid groups is 2. The maximum Gasteiger partial charge on any atom is 1.00 e. The number of aliphatic hydroxyl groups excluding tert-OH is 2. The van der Waals surface area contributed by atoms with Gasteiger partial charge in [0.1, 0.15) is 18.3 Å². The first-order valence-corrected chi connectivity index (χ1v) is 9.75. The number of phosphoric ester groups is 1. The molecule has 1 fully saturated rings. The van der Waals surface area contributed by atoms with Gasteiger partial charge in [-0.3, -0.25) is 23.2 Å². The SMILES string of the molecule is Cc1cn(C2OC(COP(=O)([O-])OP(=O)([O-])[O-])C(O)C2O)c(=O)[nH]c1=O.[Na+].[Na+].[Na+]. The Bertz CT molecular complexity index is 887. The zero-order valence-corrected chi connectivity index (χ0v) is 23.7. The van der Waals surface area contributed by atoms with Gasteiger partial charge in [0.2, 0.25) is 0 Å². The van der Waals surface area contributed by atoms with Crippen LogP contribution >= 0.6 is 15.6 Å². The smallest absolute Gasteiger partial charge is 0.790 e. The molecule has 0 saturated carbocycles. The molecule has 19 heteroatoms. The van der Waals surface area contributed by atoms with Gasteiger partial charge in [-0.2, -0.15) is 0 Å². The van der Waals surface area contributed by atoms with Gasteiger partial charge < -0.3 is 38.7 Å². The summed E-state index contributed by atoms with van der Waals surface area (Å²) in [6.45, 7) is 0.342. The molecule has 29 heavy (non-hydrogen) atoms. The summed E-state index contributed by atoms with van der Waals surface area (Å²) in [4.78, 5) is 56.9. The van der Waals surface area contributed by atoms with Crippen molar-refractivity contribution >= 4 is 15.6 Å². The second-order valence-corrected chi connectivity index (χ2v) is 8.00. The number of H-pyrrole nitrogens is 1. The summed E-state index contributed by atoms with van der Waals surface area (Å²) in [6, 6.07) is 0. The van der Waals surface area contributed by atoms with E-state index in [2.05, 4.69) is 8.83 Å². The zero-order chi connectivity index (χ0) is 19.9. The van der Waals surface area contributed by atoms with Crippen molar-refractivity contribution in [1.82, 2.24) is 9.55 Å². The molecule has 14 nitrogen and oxygen atoms in total. The topological polar surface area (TPSA) is 226 Å². The van der Waals surface area contributed by atoms with Gasteiger partial charge in [0, 0.05) is 11.8 Å². The van der Waals surface area contributed by atoms with Gasteiger partial charge in [-0.1, -0.05) is 0 Å². The number of rotatable bonds is 6. The summed E-state index contributed by atoms with van der Waals surface area (Å²) < 4.78 is 34.8. The average molecular weight is 484 g/mol. The molecule has 0 bridgehead atoms. The van der Waals surface area contributed by atoms with Gasteiger partial charge in [0.25, 0.3) is 13.4 Å². The van der Waals surface area contributed by atoms with E-state index in [1.165, 1.54) is 6.92 Å². The molecule has 0 spiro atoms. The van der Waals surface area contributed by atoms with Gasteiger partial charge in [-0.15, -0.1) is 0 Å². The second kappa shape index (κ2) is 12.9. The Kier molecular flexibility index (Phi) is 14.7. The molecule has 0 aliphatic carbocycles. The first kappa shape index (κ1) is 33.0.